The highest BCUT2D eigenvalue weighted by Gasteiger charge is 2.26. The second kappa shape index (κ2) is 9.63. The molecule has 0 aromatic heterocycles. The molecule has 0 heterocycles. The van der Waals surface area contributed by atoms with Crippen molar-refractivity contribution in [1.82, 2.24) is 0 Å². The minimum Gasteiger partial charge on any atom is -0.507 e. The number of benzene rings is 2. The zero-order valence-corrected chi connectivity index (χ0v) is 21.6. The Bertz CT molecular complexity index is 1080. The number of hydrogen-bond acceptors (Lipinski definition) is 2. The monoisotopic (exact) mass is 444 g/mol. The molecule has 0 saturated carbocycles. The Balaban J connectivity index is 2.14. The summed E-state index contributed by atoms with van der Waals surface area (Å²) in [6.45, 7) is 17.0. The zero-order chi connectivity index (χ0) is 24.5. The van der Waals surface area contributed by atoms with Crippen LogP contribution in [0, 0.1) is 33.1 Å². The highest BCUT2D eigenvalue weighted by Crippen LogP contribution is 2.42. The molecule has 1 aliphatic carbocycles. The lowest BCUT2D eigenvalue weighted by Crippen LogP contribution is -2.19. The highest BCUT2D eigenvalue weighted by atomic mass is 16.3. The van der Waals surface area contributed by atoms with Crippen molar-refractivity contribution in [3.63, 3.8) is 0 Å². The Labute approximate surface area is 200 Å². The molecule has 2 heteroatoms. The van der Waals surface area contributed by atoms with Crippen molar-refractivity contribution in [3.05, 3.63) is 92.6 Å². The van der Waals surface area contributed by atoms with Gasteiger partial charge < -0.3 is 10.2 Å². The summed E-state index contributed by atoms with van der Waals surface area (Å²) in [4.78, 5) is 0. The van der Waals surface area contributed by atoms with Crippen LogP contribution in [0.2, 0.25) is 0 Å². The standard InChI is InChI=1S/C31H40O2/c1-19(11-12-28-22(4)10-9-13-31(28,7)8)16-25(26-17-20(2)14-23(5)29(26)32)27-18-21(3)15-24(6)30(27)33/h11-12,14-18,25,32-33H,9-10,13H2,1-8H3/b12-11+,19-16+. The minimum atomic E-state index is -0.249. The average Bonchev–Trinajstić information content (AvgIpc) is 2.71. The Morgan fingerprint density at radius 2 is 1.39 bits per heavy atom. The molecule has 2 N–H and O–H groups in total. The van der Waals surface area contributed by atoms with Crippen LogP contribution in [0.25, 0.3) is 0 Å². The van der Waals surface area contributed by atoms with Crippen LogP contribution in [0.4, 0.5) is 0 Å². The molecular weight excluding hydrogens is 404 g/mol. The van der Waals surface area contributed by atoms with Crippen LogP contribution in [0.1, 0.15) is 86.3 Å². The molecule has 0 fully saturated rings. The van der Waals surface area contributed by atoms with Gasteiger partial charge in [-0.2, -0.15) is 0 Å². The van der Waals surface area contributed by atoms with Gasteiger partial charge in [0, 0.05) is 17.0 Å². The molecule has 33 heavy (non-hydrogen) atoms. The molecule has 0 amide bonds. The van der Waals surface area contributed by atoms with Crippen molar-refractivity contribution in [1.29, 1.82) is 0 Å². The van der Waals surface area contributed by atoms with E-state index >= 15 is 0 Å². The first-order valence-corrected chi connectivity index (χ1v) is 12.1. The molecule has 3 rings (SSSR count). The Hall–Kier alpha value is -2.74. The molecule has 0 radical (unpaired) electrons. The van der Waals surface area contributed by atoms with Crippen molar-refractivity contribution in [2.24, 2.45) is 5.41 Å². The van der Waals surface area contributed by atoms with E-state index in [4.69, 9.17) is 0 Å². The summed E-state index contributed by atoms with van der Waals surface area (Å²) >= 11 is 0. The van der Waals surface area contributed by atoms with Crippen molar-refractivity contribution >= 4 is 0 Å². The van der Waals surface area contributed by atoms with Crippen LogP contribution in [0.5, 0.6) is 11.5 Å². The fourth-order valence-electron chi connectivity index (χ4n) is 5.35. The van der Waals surface area contributed by atoms with Crippen LogP contribution in [-0.4, -0.2) is 10.2 Å². The lowest BCUT2D eigenvalue weighted by molar-refractivity contribution is 0.377. The van der Waals surface area contributed by atoms with Crippen molar-refractivity contribution in [3.8, 4) is 11.5 Å². The molecule has 1 aliphatic rings. The quantitative estimate of drug-likeness (QED) is 0.454. The van der Waals surface area contributed by atoms with Crippen LogP contribution >= 0.6 is 0 Å². The summed E-state index contributed by atoms with van der Waals surface area (Å²) in [7, 11) is 0. The van der Waals surface area contributed by atoms with E-state index in [2.05, 4.69) is 45.9 Å². The fourth-order valence-corrected chi connectivity index (χ4v) is 5.35. The maximum Gasteiger partial charge on any atom is 0.122 e. The highest BCUT2D eigenvalue weighted by molar-refractivity contribution is 5.56. The van der Waals surface area contributed by atoms with E-state index in [0.29, 0.717) is 11.5 Å². The lowest BCUT2D eigenvalue weighted by atomic mass is 9.72. The first-order valence-electron chi connectivity index (χ1n) is 12.1. The molecule has 0 unspecified atom stereocenters. The van der Waals surface area contributed by atoms with Gasteiger partial charge in [0.1, 0.15) is 11.5 Å². The van der Waals surface area contributed by atoms with Gasteiger partial charge in [0.2, 0.25) is 0 Å². The fraction of sp³-hybridized carbons (Fsp3) is 0.419. The number of aryl methyl sites for hydroxylation is 4. The predicted octanol–water partition coefficient (Wildman–Crippen LogP) is 8.49. The molecule has 0 aliphatic heterocycles. The molecule has 176 valence electrons. The van der Waals surface area contributed by atoms with Crippen LogP contribution < -0.4 is 0 Å². The molecule has 0 bridgehead atoms. The predicted molar refractivity (Wildman–Crippen MR) is 140 cm³/mol. The third-order valence-electron chi connectivity index (χ3n) is 7.10. The van der Waals surface area contributed by atoms with Crippen molar-refractivity contribution < 1.29 is 10.2 Å². The number of phenolic OH excluding ortho intramolecular Hbond substituents is 2. The summed E-state index contributed by atoms with van der Waals surface area (Å²) < 4.78 is 0. The van der Waals surface area contributed by atoms with Crippen LogP contribution in [-0.2, 0) is 0 Å². The van der Waals surface area contributed by atoms with E-state index in [-0.39, 0.29) is 11.3 Å². The normalized spacial score (nSPS) is 16.8. The Kier molecular flexibility index (Phi) is 7.26. The molecule has 0 spiro atoms. The second-order valence-electron chi connectivity index (χ2n) is 10.7. The molecule has 2 nitrogen and oxygen atoms in total. The van der Waals surface area contributed by atoms with Gasteiger partial charge in [0.25, 0.3) is 0 Å². The molecule has 0 atom stereocenters. The summed E-state index contributed by atoms with van der Waals surface area (Å²) in [6.07, 6.45) is 10.3. The first kappa shape index (κ1) is 24.9. The maximum absolute atomic E-state index is 11.0. The van der Waals surface area contributed by atoms with E-state index in [1.165, 1.54) is 30.4 Å². The molecule has 2 aromatic rings. The van der Waals surface area contributed by atoms with Gasteiger partial charge in [-0.25, -0.2) is 0 Å². The van der Waals surface area contributed by atoms with Crippen LogP contribution in [0.3, 0.4) is 0 Å². The van der Waals surface area contributed by atoms with E-state index in [0.717, 1.165) is 39.0 Å². The summed E-state index contributed by atoms with van der Waals surface area (Å²) in [5.74, 6) is 0.342. The van der Waals surface area contributed by atoms with Gasteiger partial charge in [-0.3, -0.25) is 0 Å². The van der Waals surface area contributed by atoms with Gasteiger partial charge in [0.05, 0.1) is 0 Å². The lowest BCUT2D eigenvalue weighted by Gasteiger charge is -2.33. The molecule has 2 aromatic carbocycles. The molecular formula is C31H40O2. The van der Waals surface area contributed by atoms with Crippen molar-refractivity contribution in [2.75, 3.05) is 0 Å². The van der Waals surface area contributed by atoms with Gasteiger partial charge >= 0.3 is 0 Å². The summed E-state index contributed by atoms with van der Waals surface area (Å²) in [6, 6.07) is 8.06. The van der Waals surface area contributed by atoms with Gasteiger partial charge in [-0.15, -0.1) is 0 Å². The van der Waals surface area contributed by atoms with E-state index in [9.17, 15) is 10.2 Å². The first-order chi connectivity index (χ1) is 15.4. The van der Waals surface area contributed by atoms with E-state index in [1.54, 1.807) is 0 Å². The SMILES string of the molecule is CC1=C(/C=C/C(C)=C/C(c2cc(C)cc(C)c2O)c2cc(C)cc(C)c2O)C(C)(C)CCC1. The zero-order valence-electron chi connectivity index (χ0n) is 21.6. The maximum atomic E-state index is 11.0. The average molecular weight is 445 g/mol. The minimum absolute atomic E-state index is 0.191. The third kappa shape index (κ3) is 5.43. The van der Waals surface area contributed by atoms with Crippen LogP contribution in [0.15, 0.2) is 59.2 Å². The topological polar surface area (TPSA) is 40.5 Å². The number of aromatic hydroxyl groups is 2. The van der Waals surface area contributed by atoms with Gasteiger partial charge in [0.15, 0.2) is 0 Å². The Morgan fingerprint density at radius 3 is 1.88 bits per heavy atom. The van der Waals surface area contributed by atoms with Crippen molar-refractivity contribution in [2.45, 2.75) is 80.6 Å². The number of phenols is 2. The Morgan fingerprint density at radius 1 is 0.879 bits per heavy atom. The number of hydrogen-bond donors (Lipinski definition) is 2. The largest absolute Gasteiger partial charge is 0.507 e. The summed E-state index contributed by atoms with van der Waals surface area (Å²) in [5, 5.41) is 22.0. The molecule has 0 saturated heterocycles. The third-order valence-corrected chi connectivity index (χ3v) is 7.10. The number of allylic oxidation sites excluding steroid dienone is 6. The van der Waals surface area contributed by atoms with Gasteiger partial charge in [-0.1, -0.05) is 78.6 Å². The summed E-state index contributed by atoms with van der Waals surface area (Å²) in [5.41, 5.74) is 9.77. The number of rotatable bonds is 5. The second-order valence-corrected chi connectivity index (χ2v) is 10.7. The van der Waals surface area contributed by atoms with E-state index in [1.807, 2.05) is 52.0 Å². The smallest absolute Gasteiger partial charge is 0.122 e. The van der Waals surface area contributed by atoms with E-state index < -0.39 is 0 Å². The van der Waals surface area contributed by atoms with Gasteiger partial charge in [-0.05, 0) is 82.9 Å².